The summed E-state index contributed by atoms with van der Waals surface area (Å²) in [7, 11) is 0. The first kappa shape index (κ1) is 14.9. The second-order valence-electron chi connectivity index (χ2n) is 5.24. The molecule has 20 heavy (non-hydrogen) atoms. The van der Waals surface area contributed by atoms with E-state index in [2.05, 4.69) is 50.8 Å². The molecule has 0 aliphatic rings. The first-order chi connectivity index (χ1) is 9.45. The second-order valence-corrected chi connectivity index (χ2v) is 6.15. The van der Waals surface area contributed by atoms with Crippen LogP contribution >= 0.6 is 15.9 Å². The van der Waals surface area contributed by atoms with E-state index in [1.807, 2.05) is 32.9 Å². The highest BCUT2D eigenvalue weighted by Gasteiger charge is 2.13. The molecule has 2 aromatic carbocycles. The van der Waals surface area contributed by atoms with Crippen molar-refractivity contribution in [3.8, 4) is 0 Å². The number of hydrogen-bond acceptors (Lipinski definition) is 2. The van der Waals surface area contributed by atoms with E-state index in [9.17, 15) is 4.79 Å². The van der Waals surface area contributed by atoms with Gasteiger partial charge in [0.05, 0.1) is 0 Å². The summed E-state index contributed by atoms with van der Waals surface area (Å²) in [5.41, 5.74) is 0.950. The largest absolute Gasteiger partial charge is 0.374 e. The summed E-state index contributed by atoms with van der Waals surface area (Å²) >= 11 is 3.46. The predicted molar refractivity (Wildman–Crippen MR) is 88.0 cm³/mol. The van der Waals surface area contributed by atoms with E-state index in [1.165, 1.54) is 5.39 Å². The fourth-order valence-electron chi connectivity index (χ4n) is 2.03. The van der Waals surface area contributed by atoms with E-state index in [-0.39, 0.29) is 18.0 Å². The Bertz CT molecular complexity index is 625. The van der Waals surface area contributed by atoms with Crippen molar-refractivity contribution in [2.45, 2.75) is 32.9 Å². The van der Waals surface area contributed by atoms with Crippen LogP contribution in [-0.4, -0.2) is 18.0 Å². The number of fused-ring (bicyclic) bond motifs is 1. The Morgan fingerprint density at radius 3 is 2.40 bits per heavy atom. The van der Waals surface area contributed by atoms with Gasteiger partial charge >= 0.3 is 0 Å². The smallest absolute Gasteiger partial charge is 0.242 e. The van der Waals surface area contributed by atoms with E-state index >= 15 is 0 Å². The van der Waals surface area contributed by atoms with Crippen LogP contribution in [0.1, 0.15) is 20.8 Å². The molecule has 0 saturated carbocycles. The third kappa shape index (κ3) is 3.73. The highest BCUT2D eigenvalue weighted by Crippen LogP contribution is 2.23. The Morgan fingerprint density at radius 2 is 1.70 bits per heavy atom. The standard InChI is InChI=1S/C16H19BrN2O/c1-10(2)18-16(20)11(3)19-15-7-5-12-8-14(17)6-4-13(12)9-15/h4-11,19H,1-3H3,(H,18,20). The van der Waals surface area contributed by atoms with Gasteiger partial charge in [-0.1, -0.05) is 28.1 Å². The molecular formula is C16H19BrN2O. The Morgan fingerprint density at radius 1 is 1.05 bits per heavy atom. The van der Waals surface area contributed by atoms with Crippen molar-refractivity contribution in [2.75, 3.05) is 5.32 Å². The summed E-state index contributed by atoms with van der Waals surface area (Å²) in [5.74, 6) is 0.0101. The lowest BCUT2D eigenvalue weighted by atomic mass is 10.1. The average molecular weight is 335 g/mol. The van der Waals surface area contributed by atoms with Gasteiger partial charge in [-0.05, 0) is 55.8 Å². The summed E-state index contributed by atoms with van der Waals surface area (Å²) in [4.78, 5) is 11.9. The highest BCUT2D eigenvalue weighted by atomic mass is 79.9. The van der Waals surface area contributed by atoms with Crippen molar-refractivity contribution in [1.29, 1.82) is 0 Å². The Kier molecular flexibility index (Phi) is 4.65. The number of benzene rings is 2. The maximum atomic E-state index is 11.9. The van der Waals surface area contributed by atoms with Gasteiger partial charge in [0.1, 0.15) is 6.04 Å². The number of amides is 1. The maximum Gasteiger partial charge on any atom is 0.242 e. The molecule has 106 valence electrons. The number of carbonyl (C=O) groups is 1. The number of carbonyl (C=O) groups excluding carboxylic acids is 1. The van der Waals surface area contributed by atoms with Gasteiger partial charge in [-0.15, -0.1) is 0 Å². The van der Waals surface area contributed by atoms with Crippen molar-refractivity contribution in [3.05, 3.63) is 40.9 Å². The van der Waals surface area contributed by atoms with Crippen molar-refractivity contribution in [1.82, 2.24) is 5.32 Å². The maximum absolute atomic E-state index is 11.9. The summed E-state index contributed by atoms with van der Waals surface area (Å²) in [6.45, 7) is 5.78. The molecule has 2 rings (SSSR count). The third-order valence-electron chi connectivity index (χ3n) is 3.01. The molecule has 1 unspecified atom stereocenters. The minimum Gasteiger partial charge on any atom is -0.374 e. The minimum absolute atomic E-state index is 0.0101. The quantitative estimate of drug-likeness (QED) is 0.889. The zero-order chi connectivity index (χ0) is 14.7. The molecule has 2 N–H and O–H groups in total. The lowest BCUT2D eigenvalue weighted by Gasteiger charge is -2.17. The van der Waals surface area contributed by atoms with Crippen LogP contribution in [0.2, 0.25) is 0 Å². The van der Waals surface area contributed by atoms with Crippen molar-refractivity contribution in [2.24, 2.45) is 0 Å². The Hall–Kier alpha value is -1.55. The van der Waals surface area contributed by atoms with Crippen LogP contribution in [-0.2, 0) is 4.79 Å². The van der Waals surface area contributed by atoms with E-state index in [0.717, 1.165) is 15.5 Å². The summed E-state index contributed by atoms with van der Waals surface area (Å²) < 4.78 is 1.07. The molecule has 0 aromatic heterocycles. The van der Waals surface area contributed by atoms with Gasteiger partial charge < -0.3 is 10.6 Å². The van der Waals surface area contributed by atoms with Crippen molar-refractivity contribution < 1.29 is 4.79 Å². The first-order valence-corrected chi connectivity index (χ1v) is 7.51. The number of nitrogens with one attached hydrogen (secondary N) is 2. The molecule has 0 aliphatic carbocycles. The lowest BCUT2D eigenvalue weighted by Crippen LogP contribution is -2.40. The zero-order valence-corrected chi connectivity index (χ0v) is 13.5. The van der Waals surface area contributed by atoms with Gasteiger partial charge in [0.2, 0.25) is 5.91 Å². The monoisotopic (exact) mass is 334 g/mol. The minimum atomic E-state index is -0.259. The SMILES string of the molecule is CC(C)NC(=O)C(C)Nc1ccc2cc(Br)ccc2c1. The van der Waals surface area contributed by atoms with Gasteiger partial charge in [-0.2, -0.15) is 0 Å². The average Bonchev–Trinajstić information content (AvgIpc) is 2.38. The Labute approximate surface area is 127 Å². The van der Waals surface area contributed by atoms with E-state index in [1.54, 1.807) is 0 Å². The van der Waals surface area contributed by atoms with Crippen LogP contribution in [0, 0.1) is 0 Å². The van der Waals surface area contributed by atoms with Gasteiger partial charge in [-0.25, -0.2) is 0 Å². The zero-order valence-electron chi connectivity index (χ0n) is 11.9. The molecule has 0 heterocycles. The predicted octanol–water partition coefficient (Wildman–Crippen LogP) is 3.93. The normalized spacial score (nSPS) is 12.4. The van der Waals surface area contributed by atoms with E-state index in [0.29, 0.717) is 0 Å². The van der Waals surface area contributed by atoms with Crippen molar-refractivity contribution >= 4 is 38.3 Å². The van der Waals surface area contributed by atoms with E-state index in [4.69, 9.17) is 0 Å². The highest BCUT2D eigenvalue weighted by molar-refractivity contribution is 9.10. The molecule has 3 nitrogen and oxygen atoms in total. The van der Waals surface area contributed by atoms with E-state index < -0.39 is 0 Å². The topological polar surface area (TPSA) is 41.1 Å². The van der Waals surface area contributed by atoms with Gasteiger partial charge in [0, 0.05) is 16.2 Å². The van der Waals surface area contributed by atoms with Gasteiger partial charge in [0.25, 0.3) is 0 Å². The molecule has 2 aromatic rings. The second kappa shape index (κ2) is 6.27. The molecule has 0 fully saturated rings. The fraction of sp³-hybridized carbons (Fsp3) is 0.312. The van der Waals surface area contributed by atoms with Gasteiger partial charge in [-0.3, -0.25) is 4.79 Å². The molecule has 1 amide bonds. The summed E-state index contributed by atoms with van der Waals surface area (Å²) in [6, 6.07) is 12.1. The molecule has 0 aliphatic heterocycles. The molecule has 1 atom stereocenters. The molecule has 0 radical (unpaired) electrons. The van der Waals surface area contributed by atoms with Crippen LogP contribution < -0.4 is 10.6 Å². The van der Waals surface area contributed by atoms with Crippen LogP contribution in [0.5, 0.6) is 0 Å². The summed E-state index contributed by atoms with van der Waals surface area (Å²) in [6.07, 6.45) is 0. The van der Waals surface area contributed by atoms with Gasteiger partial charge in [0.15, 0.2) is 0 Å². The molecule has 0 saturated heterocycles. The fourth-order valence-corrected chi connectivity index (χ4v) is 2.41. The number of rotatable bonds is 4. The van der Waals surface area contributed by atoms with Crippen LogP contribution in [0.25, 0.3) is 10.8 Å². The van der Waals surface area contributed by atoms with Crippen LogP contribution in [0.3, 0.4) is 0 Å². The number of halogens is 1. The third-order valence-corrected chi connectivity index (χ3v) is 3.50. The first-order valence-electron chi connectivity index (χ1n) is 6.72. The molecular weight excluding hydrogens is 316 g/mol. The molecule has 0 spiro atoms. The van der Waals surface area contributed by atoms with Crippen molar-refractivity contribution in [3.63, 3.8) is 0 Å². The number of hydrogen-bond donors (Lipinski definition) is 2. The Balaban J connectivity index is 2.13. The summed E-state index contributed by atoms with van der Waals surface area (Å²) in [5, 5.41) is 8.45. The number of anilines is 1. The molecule has 4 heteroatoms. The van der Waals surface area contributed by atoms with Crippen LogP contribution in [0.15, 0.2) is 40.9 Å². The lowest BCUT2D eigenvalue weighted by molar-refractivity contribution is -0.122. The molecule has 0 bridgehead atoms. The van der Waals surface area contributed by atoms with Crippen LogP contribution in [0.4, 0.5) is 5.69 Å².